The minimum Gasteiger partial charge on any atom is -0.378 e. The predicted molar refractivity (Wildman–Crippen MR) is 129 cm³/mol. The van der Waals surface area contributed by atoms with Gasteiger partial charge in [-0.3, -0.25) is 4.99 Å². The third-order valence-electron chi connectivity index (χ3n) is 6.90. The Morgan fingerprint density at radius 2 is 1.73 bits per heavy atom. The lowest BCUT2D eigenvalue weighted by Gasteiger charge is -2.35. The Balaban J connectivity index is 1.62. The zero-order chi connectivity index (χ0) is 23.0. The zero-order valence-electron chi connectivity index (χ0n) is 19.0. The topological polar surface area (TPSA) is 75.7 Å². The third-order valence-corrected chi connectivity index (χ3v) is 6.90. The molecule has 3 heterocycles. The van der Waals surface area contributed by atoms with Gasteiger partial charge in [-0.2, -0.15) is 10.5 Å². The molecule has 2 fully saturated rings. The molecule has 0 amide bonds. The number of nitriles is 2. The number of hydrogen-bond donors (Lipinski definition) is 0. The Kier molecular flexibility index (Phi) is 5.40. The quantitative estimate of drug-likeness (QED) is 0.696. The van der Waals surface area contributed by atoms with Crippen molar-refractivity contribution in [2.75, 3.05) is 31.2 Å². The van der Waals surface area contributed by atoms with E-state index in [4.69, 9.17) is 9.73 Å². The highest BCUT2D eigenvalue weighted by Crippen LogP contribution is 2.51. The molecule has 2 aromatic carbocycles. The van der Waals surface area contributed by atoms with E-state index < -0.39 is 5.41 Å². The molecule has 0 saturated carbocycles. The average Bonchev–Trinajstić information content (AvgIpc) is 3.15. The Labute approximate surface area is 195 Å². The molecule has 0 bridgehead atoms. The highest BCUT2D eigenvalue weighted by Gasteiger charge is 2.60. The summed E-state index contributed by atoms with van der Waals surface area (Å²) in [7, 11) is 0. The van der Waals surface area contributed by atoms with Gasteiger partial charge in [-0.25, -0.2) is 0 Å². The molecule has 3 aliphatic heterocycles. The summed E-state index contributed by atoms with van der Waals surface area (Å²) in [6, 6.07) is 20.5. The van der Waals surface area contributed by atoms with Gasteiger partial charge in [-0.1, -0.05) is 38.1 Å². The monoisotopic (exact) mass is 437 g/mol. The third kappa shape index (κ3) is 3.39. The summed E-state index contributed by atoms with van der Waals surface area (Å²) >= 11 is 0. The van der Waals surface area contributed by atoms with Crippen LogP contribution in [0.25, 0.3) is 6.08 Å². The van der Waals surface area contributed by atoms with Crippen molar-refractivity contribution in [3.05, 3.63) is 65.9 Å². The summed E-state index contributed by atoms with van der Waals surface area (Å²) in [4.78, 5) is 9.47. The van der Waals surface area contributed by atoms with Gasteiger partial charge in [0.1, 0.15) is 0 Å². The number of aliphatic imine (C=N–C) groups is 1. The highest BCUT2D eigenvalue weighted by atomic mass is 16.5. The Hall–Kier alpha value is -3.61. The Bertz CT molecular complexity index is 1160. The van der Waals surface area contributed by atoms with E-state index in [0.29, 0.717) is 5.71 Å². The zero-order valence-corrected chi connectivity index (χ0v) is 19.0. The van der Waals surface area contributed by atoms with Crippen LogP contribution in [0.15, 0.2) is 59.7 Å². The second-order valence-corrected chi connectivity index (χ2v) is 9.13. The summed E-state index contributed by atoms with van der Waals surface area (Å²) in [5.41, 5.74) is 3.36. The molecule has 2 aromatic rings. The van der Waals surface area contributed by atoms with Crippen molar-refractivity contribution in [2.45, 2.75) is 25.9 Å². The van der Waals surface area contributed by atoms with Gasteiger partial charge in [0, 0.05) is 25.0 Å². The largest absolute Gasteiger partial charge is 0.378 e. The number of morpholine rings is 1. The lowest BCUT2D eigenvalue weighted by atomic mass is 9.75. The summed E-state index contributed by atoms with van der Waals surface area (Å²) < 4.78 is 5.45. The molecular formula is C27H27N5O. The number of hydrogen-bond acceptors (Lipinski definition) is 6. The second-order valence-electron chi connectivity index (χ2n) is 9.13. The van der Waals surface area contributed by atoms with Crippen LogP contribution in [0, 0.1) is 34.0 Å². The van der Waals surface area contributed by atoms with Crippen LogP contribution in [0.3, 0.4) is 0 Å². The number of rotatable bonds is 3. The van der Waals surface area contributed by atoms with Crippen LogP contribution in [0.5, 0.6) is 0 Å². The molecule has 0 N–H and O–H groups in total. The molecule has 0 radical (unpaired) electrons. The normalized spacial score (nSPS) is 24.3. The van der Waals surface area contributed by atoms with Gasteiger partial charge >= 0.3 is 0 Å². The molecule has 0 spiro atoms. The standard InChI is InChI=1S/C27H27N5O/c1-19(2)26-27(17-28,18-29)25(24-23-6-4-3-5-20(23)11-12-32(24)26)30-21-7-9-22(10-8-21)31-13-15-33-16-14-31/h3-12,19,24,26H,13-16H2,1-2H3/t24-,26-/m0/s1. The maximum atomic E-state index is 10.4. The minimum atomic E-state index is -1.33. The molecule has 0 aliphatic carbocycles. The van der Waals surface area contributed by atoms with Gasteiger partial charge in [0.15, 0.2) is 0 Å². The van der Waals surface area contributed by atoms with Crippen molar-refractivity contribution in [3.63, 3.8) is 0 Å². The van der Waals surface area contributed by atoms with Crippen LogP contribution < -0.4 is 4.90 Å². The van der Waals surface area contributed by atoms with Crippen LogP contribution in [0.1, 0.15) is 31.0 Å². The molecule has 6 heteroatoms. The highest BCUT2D eigenvalue weighted by molar-refractivity contribution is 6.05. The van der Waals surface area contributed by atoms with Crippen molar-refractivity contribution in [3.8, 4) is 12.1 Å². The molecule has 2 atom stereocenters. The number of ether oxygens (including phenoxy) is 1. The smallest absolute Gasteiger partial charge is 0.204 e. The van der Waals surface area contributed by atoms with E-state index in [-0.39, 0.29) is 18.0 Å². The summed E-state index contributed by atoms with van der Waals surface area (Å²) in [6.45, 7) is 7.35. The number of anilines is 1. The maximum Gasteiger partial charge on any atom is 0.204 e. The van der Waals surface area contributed by atoms with Gasteiger partial charge in [-0.15, -0.1) is 0 Å². The van der Waals surface area contributed by atoms with Gasteiger partial charge in [-0.05, 0) is 47.4 Å². The van der Waals surface area contributed by atoms with Gasteiger partial charge in [0.25, 0.3) is 0 Å². The first kappa shape index (κ1) is 21.2. The van der Waals surface area contributed by atoms with Gasteiger partial charge in [0.2, 0.25) is 5.41 Å². The van der Waals surface area contributed by atoms with Crippen molar-refractivity contribution >= 4 is 23.2 Å². The molecular weight excluding hydrogens is 410 g/mol. The second kappa shape index (κ2) is 8.39. The van der Waals surface area contributed by atoms with E-state index >= 15 is 0 Å². The van der Waals surface area contributed by atoms with Crippen LogP contribution in [0.4, 0.5) is 11.4 Å². The molecule has 0 unspecified atom stereocenters. The van der Waals surface area contributed by atoms with Crippen molar-refractivity contribution in [1.82, 2.24) is 4.90 Å². The molecule has 3 aliphatic rings. The van der Waals surface area contributed by atoms with Gasteiger partial charge in [0.05, 0.1) is 48.8 Å². The van der Waals surface area contributed by atoms with E-state index in [2.05, 4.69) is 66.1 Å². The average molecular weight is 438 g/mol. The van der Waals surface area contributed by atoms with Crippen LogP contribution in [0.2, 0.25) is 0 Å². The molecule has 6 nitrogen and oxygen atoms in total. The minimum absolute atomic E-state index is 0.0955. The Morgan fingerprint density at radius 3 is 2.39 bits per heavy atom. The fourth-order valence-electron chi connectivity index (χ4n) is 5.42. The number of nitrogens with zero attached hydrogens (tertiary/aromatic N) is 5. The SMILES string of the molecule is CC(C)[C@@H]1N2C=Cc3ccccc3[C@H]2C(=Nc2ccc(N3CCOCC3)cc2)C1(C#N)C#N. The molecule has 2 saturated heterocycles. The molecule has 5 rings (SSSR count). The van der Waals surface area contributed by atoms with E-state index in [0.717, 1.165) is 48.8 Å². The first-order valence-corrected chi connectivity index (χ1v) is 11.5. The van der Waals surface area contributed by atoms with E-state index in [1.54, 1.807) is 0 Å². The first-order valence-electron chi connectivity index (χ1n) is 11.5. The fraction of sp³-hybridized carbons (Fsp3) is 0.370. The van der Waals surface area contributed by atoms with Crippen LogP contribution in [-0.2, 0) is 4.74 Å². The van der Waals surface area contributed by atoms with E-state index in [9.17, 15) is 10.5 Å². The Morgan fingerprint density at radius 1 is 1.03 bits per heavy atom. The van der Waals surface area contributed by atoms with E-state index in [1.165, 1.54) is 0 Å². The van der Waals surface area contributed by atoms with Crippen molar-refractivity contribution in [2.24, 2.45) is 16.3 Å². The number of benzene rings is 2. The summed E-state index contributed by atoms with van der Waals surface area (Å²) in [5.74, 6) is 0.0955. The van der Waals surface area contributed by atoms with Gasteiger partial charge < -0.3 is 14.5 Å². The van der Waals surface area contributed by atoms with Crippen molar-refractivity contribution < 1.29 is 4.74 Å². The molecule has 166 valence electrons. The molecule has 33 heavy (non-hydrogen) atoms. The van der Waals surface area contributed by atoms with Crippen LogP contribution >= 0.6 is 0 Å². The van der Waals surface area contributed by atoms with Crippen molar-refractivity contribution in [1.29, 1.82) is 10.5 Å². The lowest BCUT2D eigenvalue weighted by Crippen LogP contribution is -2.42. The molecule has 0 aromatic heterocycles. The maximum absolute atomic E-state index is 10.4. The first-order chi connectivity index (χ1) is 16.1. The van der Waals surface area contributed by atoms with Crippen LogP contribution in [-0.4, -0.2) is 43.0 Å². The summed E-state index contributed by atoms with van der Waals surface area (Å²) in [6.07, 6.45) is 4.10. The van der Waals surface area contributed by atoms with E-state index in [1.807, 2.05) is 30.5 Å². The predicted octanol–water partition coefficient (Wildman–Crippen LogP) is 4.70. The fourth-order valence-corrected chi connectivity index (χ4v) is 5.42. The summed E-state index contributed by atoms with van der Waals surface area (Å²) in [5, 5.41) is 20.7. The lowest BCUT2D eigenvalue weighted by molar-refractivity contribution is 0.122. The number of fused-ring (bicyclic) bond motifs is 3.